The molecule has 1 fully saturated rings. The molecule has 0 unspecified atom stereocenters. The minimum atomic E-state index is 0.0709. The van der Waals surface area contributed by atoms with Crippen LogP contribution in [0.25, 0.3) is 6.08 Å². The van der Waals surface area contributed by atoms with Crippen LogP contribution < -0.4 is 5.32 Å². The predicted octanol–water partition coefficient (Wildman–Crippen LogP) is 3.92. The number of nitrogens with one attached hydrogen (secondary N) is 1. The third-order valence-electron chi connectivity index (χ3n) is 4.68. The van der Waals surface area contributed by atoms with Crippen molar-refractivity contribution in [1.82, 2.24) is 9.80 Å². The molecule has 0 aliphatic carbocycles. The molecule has 0 amide bonds. The maximum atomic E-state index is 11.3. The largest absolute Gasteiger partial charge is 0.346 e. The molecule has 2 aromatic carbocycles. The normalized spacial score (nSPS) is 15.1. The molecule has 3 rings (SSSR count). The van der Waals surface area contributed by atoms with E-state index < -0.39 is 0 Å². The molecule has 4 nitrogen and oxygen atoms in total. The lowest BCUT2D eigenvalue weighted by atomic mass is 10.1. The number of benzene rings is 2. The highest BCUT2D eigenvalue weighted by molar-refractivity contribution is 7.80. The van der Waals surface area contributed by atoms with Crippen LogP contribution in [0.4, 0.5) is 5.69 Å². The van der Waals surface area contributed by atoms with Crippen LogP contribution >= 0.6 is 12.2 Å². The van der Waals surface area contributed by atoms with Crippen LogP contribution in [0.2, 0.25) is 0 Å². The van der Waals surface area contributed by atoms with E-state index in [9.17, 15) is 4.79 Å². The predicted molar refractivity (Wildman–Crippen MR) is 116 cm³/mol. The van der Waals surface area contributed by atoms with Gasteiger partial charge in [-0.3, -0.25) is 9.69 Å². The molecular weight excluding hydrogens is 354 g/mol. The minimum absolute atomic E-state index is 0.0709. The fourth-order valence-corrected chi connectivity index (χ4v) is 3.33. The van der Waals surface area contributed by atoms with Crippen LogP contribution in [-0.2, 0) is 0 Å². The first kappa shape index (κ1) is 19.3. The molecule has 1 heterocycles. The number of nitrogens with zero attached hydrogens (tertiary/aromatic N) is 2. The number of hydrogen-bond acceptors (Lipinski definition) is 3. The molecule has 1 aliphatic heterocycles. The summed E-state index contributed by atoms with van der Waals surface area (Å²) in [5, 5.41) is 4.01. The van der Waals surface area contributed by atoms with Crippen molar-refractivity contribution in [3.63, 3.8) is 0 Å². The second-order valence-corrected chi connectivity index (χ2v) is 7.05. The van der Waals surface area contributed by atoms with Gasteiger partial charge in [0.15, 0.2) is 10.9 Å². The van der Waals surface area contributed by atoms with E-state index in [-0.39, 0.29) is 5.78 Å². The van der Waals surface area contributed by atoms with Gasteiger partial charge in [-0.2, -0.15) is 0 Å². The van der Waals surface area contributed by atoms with Gasteiger partial charge in [-0.15, -0.1) is 0 Å². The Morgan fingerprint density at radius 1 is 1.04 bits per heavy atom. The monoisotopic (exact) mass is 379 g/mol. The molecular formula is C22H25N3OS. The number of thiocarbonyl (C=S) groups is 1. The van der Waals surface area contributed by atoms with Crippen LogP contribution in [-0.4, -0.2) is 53.4 Å². The lowest BCUT2D eigenvalue weighted by Gasteiger charge is -2.35. The SMILES string of the molecule is CC(=O)c1ccc(NC(=S)N2CCN(C/C=C/c3ccccc3)CC2)cc1. The fourth-order valence-electron chi connectivity index (χ4n) is 3.03. The smallest absolute Gasteiger partial charge is 0.173 e. The first-order valence-electron chi connectivity index (χ1n) is 9.23. The summed E-state index contributed by atoms with van der Waals surface area (Å²) in [6, 6.07) is 17.8. The first-order chi connectivity index (χ1) is 13.1. The number of Topliss-reactive ketones (excluding diaryl/α,β-unsaturated/α-hetero) is 1. The number of carbonyl (C=O) groups excluding carboxylic acids is 1. The van der Waals surface area contributed by atoms with Crippen LogP contribution in [0.5, 0.6) is 0 Å². The zero-order valence-electron chi connectivity index (χ0n) is 15.6. The van der Waals surface area contributed by atoms with E-state index in [4.69, 9.17) is 12.2 Å². The Kier molecular flexibility index (Phi) is 6.74. The number of carbonyl (C=O) groups is 1. The Morgan fingerprint density at radius 3 is 2.33 bits per heavy atom. The number of rotatable bonds is 5. The van der Waals surface area contributed by atoms with E-state index in [2.05, 4.69) is 51.5 Å². The molecule has 140 valence electrons. The lowest BCUT2D eigenvalue weighted by molar-refractivity contribution is 0.101. The summed E-state index contributed by atoms with van der Waals surface area (Å²) in [5.74, 6) is 0.0709. The molecule has 0 aromatic heterocycles. The third-order valence-corrected chi connectivity index (χ3v) is 5.04. The summed E-state index contributed by atoms with van der Waals surface area (Å²) in [6.45, 7) is 6.33. The Labute approximate surface area is 166 Å². The number of anilines is 1. The molecule has 1 N–H and O–H groups in total. The van der Waals surface area contributed by atoms with Gasteiger partial charge in [0, 0.05) is 44.0 Å². The highest BCUT2D eigenvalue weighted by atomic mass is 32.1. The Morgan fingerprint density at radius 2 is 1.70 bits per heavy atom. The van der Waals surface area contributed by atoms with Crippen molar-refractivity contribution in [2.45, 2.75) is 6.92 Å². The summed E-state index contributed by atoms with van der Waals surface area (Å²) in [6.07, 6.45) is 4.39. The van der Waals surface area contributed by atoms with Gasteiger partial charge in [0.25, 0.3) is 0 Å². The number of ketones is 1. The van der Waals surface area contributed by atoms with Crippen molar-refractivity contribution in [2.24, 2.45) is 0 Å². The van der Waals surface area contributed by atoms with Gasteiger partial charge in [-0.25, -0.2) is 0 Å². The van der Waals surface area contributed by atoms with E-state index in [1.807, 2.05) is 30.3 Å². The van der Waals surface area contributed by atoms with Crippen molar-refractivity contribution in [3.8, 4) is 0 Å². The Bertz CT molecular complexity index is 794. The van der Waals surface area contributed by atoms with Gasteiger partial charge >= 0.3 is 0 Å². The Hall–Kier alpha value is -2.50. The van der Waals surface area contributed by atoms with Crippen molar-refractivity contribution in [2.75, 3.05) is 38.0 Å². The zero-order valence-corrected chi connectivity index (χ0v) is 16.4. The molecule has 1 aliphatic rings. The van der Waals surface area contributed by atoms with E-state index in [1.165, 1.54) is 5.56 Å². The summed E-state index contributed by atoms with van der Waals surface area (Å²) in [7, 11) is 0. The summed E-state index contributed by atoms with van der Waals surface area (Å²) >= 11 is 5.55. The third kappa shape index (κ3) is 5.74. The molecule has 0 spiro atoms. The molecule has 5 heteroatoms. The maximum absolute atomic E-state index is 11.3. The van der Waals surface area contributed by atoms with E-state index in [0.717, 1.165) is 43.5 Å². The second kappa shape index (κ2) is 9.44. The molecule has 0 bridgehead atoms. The van der Waals surface area contributed by atoms with Gasteiger partial charge in [-0.05, 0) is 49.0 Å². The fraction of sp³-hybridized carbons (Fsp3) is 0.273. The molecule has 27 heavy (non-hydrogen) atoms. The second-order valence-electron chi connectivity index (χ2n) is 6.66. The van der Waals surface area contributed by atoms with Gasteiger partial charge in [-0.1, -0.05) is 42.5 Å². The van der Waals surface area contributed by atoms with Crippen LogP contribution in [0, 0.1) is 0 Å². The van der Waals surface area contributed by atoms with Crippen LogP contribution in [0.3, 0.4) is 0 Å². The lowest BCUT2D eigenvalue weighted by Crippen LogP contribution is -2.49. The van der Waals surface area contributed by atoms with Crippen molar-refractivity contribution < 1.29 is 4.79 Å². The van der Waals surface area contributed by atoms with Crippen molar-refractivity contribution in [1.29, 1.82) is 0 Å². The topological polar surface area (TPSA) is 35.6 Å². The first-order valence-corrected chi connectivity index (χ1v) is 9.63. The Balaban J connectivity index is 1.43. The van der Waals surface area contributed by atoms with Crippen LogP contribution in [0.15, 0.2) is 60.7 Å². The highest BCUT2D eigenvalue weighted by Gasteiger charge is 2.18. The summed E-state index contributed by atoms with van der Waals surface area (Å²) in [5.41, 5.74) is 2.86. The van der Waals surface area contributed by atoms with Gasteiger partial charge in [0.05, 0.1) is 0 Å². The molecule has 0 atom stereocenters. The highest BCUT2D eigenvalue weighted by Crippen LogP contribution is 2.12. The quantitative estimate of drug-likeness (QED) is 0.629. The van der Waals surface area contributed by atoms with Gasteiger partial charge in [0.1, 0.15) is 0 Å². The standard InChI is InChI=1S/C22H25N3OS/c1-18(26)20-9-11-21(12-10-20)23-22(27)25-16-14-24(15-17-25)13-5-8-19-6-3-2-4-7-19/h2-12H,13-17H2,1H3,(H,23,27)/b8-5+. The zero-order chi connectivity index (χ0) is 19.1. The average molecular weight is 380 g/mol. The number of hydrogen-bond donors (Lipinski definition) is 1. The van der Waals surface area contributed by atoms with Crippen molar-refractivity contribution in [3.05, 3.63) is 71.8 Å². The maximum Gasteiger partial charge on any atom is 0.173 e. The van der Waals surface area contributed by atoms with E-state index in [1.54, 1.807) is 6.92 Å². The van der Waals surface area contributed by atoms with Crippen LogP contribution in [0.1, 0.15) is 22.8 Å². The molecule has 0 saturated carbocycles. The molecule has 2 aromatic rings. The average Bonchev–Trinajstić information content (AvgIpc) is 2.70. The molecule has 0 radical (unpaired) electrons. The summed E-state index contributed by atoms with van der Waals surface area (Å²) < 4.78 is 0. The van der Waals surface area contributed by atoms with Gasteiger partial charge < -0.3 is 10.2 Å². The van der Waals surface area contributed by atoms with E-state index in [0.29, 0.717) is 5.56 Å². The minimum Gasteiger partial charge on any atom is -0.346 e. The number of piperazine rings is 1. The van der Waals surface area contributed by atoms with Crippen molar-refractivity contribution >= 4 is 34.9 Å². The molecule has 1 saturated heterocycles. The van der Waals surface area contributed by atoms with E-state index >= 15 is 0 Å². The summed E-state index contributed by atoms with van der Waals surface area (Å²) in [4.78, 5) is 16.0. The van der Waals surface area contributed by atoms with Gasteiger partial charge in [0.2, 0.25) is 0 Å².